The van der Waals surface area contributed by atoms with Crippen molar-refractivity contribution in [2.75, 3.05) is 0 Å². The Morgan fingerprint density at radius 2 is 1.88 bits per heavy atom. The Bertz CT molecular complexity index is 408. The normalized spacial score (nSPS) is 11.2. The van der Waals surface area contributed by atoms with Crippen LogP contribution in [0.2, 0.25) is 0 Å². The summed E-state index contributed by atoms with van der Waals surface area (Å²) in [7, 11) is 0. The van der Waals surface area contributed by atoms with Crippen molar-refractivity contribution in [3.05, 3.63) is 35.1 Å². The number of halogens is 4. The predicted octanol–water partition coefficient (Wildman–Crippen LogP) is 1.62. The van der Waals surface area contributed by atoms with E-state index in [1.165, 1.54) is 0 Å². The Morgan fingerprint density at radius 3 is 2.31 bits per heavy atom. The Hall–Kier alpha value is -1.79. The zero-order valence-corrected chi connectivity index (χ0v) is 8.05. The molecule has 1 aromatic rings. The van der Waals surface area contributed by atoms with Gasteiger partial charge in [0.2, 0.25) is 0 Å². The van der Waals surface area contributed by atoms with Crippen molar-refractivity contribution < 1.29 is 17.6 Å². The second-order valence-electron chi connectivity index (χ2n) is 3.05. The van der Waals surface area contributed by atoms with E-state index >= 15 is 0 Å². The van der Waals surface area contributed by atoms with Gasteiger partial charge in [0.1, 0.15) is 5.82 Å². The van der Waals surface area contributed by atoms with Crippen molar-refractivity contribution in [1.82, 2.24) is 0 Å². The number of benzene rings is 1. The fourth-order valence-electron chi connectivity index (χ4n) is 1.07. The largest absolute Gasteiger partial charge is 0.419 e. The van der Waals surface area contributed by atoms with Gasteiger partial charge in [-0.2, -0.15) is 13.2 Å². The summed E-state index contributed by atoms with van der Waals surface area (Å²) in [6.45, 7) is -0.0581. The third-order valence-electron chi connectivity index (χ3n) is 1.78. The molecular weight excluding hydrogens is 226 g/mol. The van der Waals surface area contributed by atoms with Crippen molar-refractivity contribution in [2.45, 2.75) is 12.7 Å². The molecule has 0 saturated heterocycles. The molecule has 3 nitrogen and oxygen atoms in total. The quantitative estimate of drug-likeness (QED) is 0.464. The molecule has 1 rings (SSSR count). The molecule has 0 amide bonds. The summed E-state index contributed by atoms with van der Waals surface area (Å²) >= 11 is 0. The minimum Gasteiger partial charge on any atom is -0.370 e. The molecular formula is C9H9F4N3. The van der Waals surface area contributed by atoms with Crippen LogP contribution in [0.3, 0.4) is 0 Å². The maximum Gasteiger partial charge on any atom is 0.419 e. The van der Waals surface area contributed by atoms with E-state index in [9.17, 15) is 17.6 Å². The first kappa shape index (κ1) is 12.3. The Balaban J connectivity index is 2.96. The first-order chi connectivity index (χ1) is 7.30. The highest BCUT2D eigenvalue weighted by atomic mass is 19.4. The molecule has 0 radical (unpaired) electrons. The molecule has 0 aromatic heterocycles. The van der Waals surface area contributed by atoms with Gasteiger partial charge in [0.15, 0.2) is 5.96 Å². The maximum atomic E-state index is 13.0. The summed E-state index contributed by atoms with van der Waals surface area (Å²) in [6, 6.07) is 2.54. The number of rotatable bonds is 2. The standard InChI is InChI=1S/C9H9F4N3/c10-7-3-5(4-16-8(14)15)1-2-6(7)9(11,12)13/h1-3H,4H2,(H4,14,15,16). The lowest BCUT2D eigenvalue weighted by Crippen LogP contribution is -2.22. The topological polar surface area (TPSA) is 64.4 Å². The number of hydrogen-bond donors (Lipinski definition) is 2. The zero-order chi connectivity index (χ0) is 12.3. The van der Waals surface area contributed by atoms with E-state index in [1.807, 2.05) is 0 Å². The smallest absolute Gasteiger partial charge is 0.370 e. The van der Waals surface area contributed by atoms with E-state index in [1.54, 1.807) is 0 Å². The third kappa shape index (κ3) is 3.11. The van der Waals surface area contributed by atoms with Gasteiger partial charge in [0.25, 0.3) is 0 Å². The molecule has 16 heavy (non-hydrogen) atoms. The Morgan fingerprint density at radius 1 is 1.25 bits per heavy atom. The molecule has 0 atom stereocenters. The average Bonchev–Trinajstić information content (AvgIpc) is 2.12. The van der Waals surface area contributed by atoms with Gasteiger partial charge in [-0.05, 0) is 17.7 Å². The molecule has 0 aliphatic heterocycles. The number of nitrogens with two attached hydrogens (primary N) is 2. The fraction of sp³-hybridized carbons (Fsp3) is 0.222. The highest BCUT2D eigenvalue weighted by molar-refractivity contribution is 5.75. The van der Waals surface area contributed by atoms with E-state index in [0.717, 1.165) is 12.1 Å². The van der Waals surface area contributed by atoms with E-state index < -0.39 is 17.6 Å². The highest BCUT2D eigenvalue weighted by Crippen LogP contribution is 2.31. The molecule has 0 unspecified atom stereocenters. The van der Waals surface area contributed by atoms with Crippen LogP contribution in [0.1, 0.15) is 11.1 Å². The fourth-order valence-corrected chi connectivity index (χ4v) is 1.07. The molecule has 4 N–H and O–H groups in total. The lowest BCUT2D eigenvalue weighted by molar-refractivity contribution is -0.140. The molecule has 1 aromatic carbocycles. The molecule has 0 spiro atoms. The lowest BCUT2D eigenvalue weighted by atomic mass is 10.1. The second-order valence-corrected chi connectivity index (χ2v) is 3.05. The first-order valence-corrected chi connectivity index (χ1v) is 4.21. The monoisotopic (exact) mass is 235 g/mol. The minimum absolute atomic E-state index is 0.0581. The van der Waals surface area contributed by atoms with Crippen molar-refractivity contribution in [3.8, 4) is 0 Å². The molecule has 0 aliphatic rings. The highest BCUT2D eigenvalue weighted by Gasteiger charge is 2.33. The van der Waals surface area contributed by atoms with E-state index in [-0.39, 0.29) is 18.1 Å². The van der Waals surface area contributed by atoms with Gasteiger partial charge in [-0.25, -0.2) is 9.38 Å². The van der Waals surface area contributed by atoms with Crippen LogP contribution >= 0.6 is 0 Å². The SMILES string of the molecule is NC(N)=NCc1ccc(C(F)(F)F)c(F)c1. The molecule has 0 fully saturated rings. The van der Waals surface area contributed by atoms with Crippen LogP contribution in [0.15, 0.2) is 23.2 Å². The van der Waals surface area contributed by atoms with Crippen LogP contribution < -0.4 is 11.5 Å². The van der Waals surface area contributed by atoms with Crippen LogP contribution in [-0.4, -0.2) is 5.96 Å². The number of guanidine groups is 1. The molecule has 88 valence electrons. The summed E-state index contributed by atoms with van der Waals surface area (Å²) in [4.78, 5) is 3.55. The molecule has 0 heterocycles. The van der Waals surface area contributed by atoms with Gasteiger partial charge in [0.05, 0.1) is 12.1 Å². The van der Waals surface area contributed by atoms with Crippen LogP contribution in [0.5, 0.6) is 0 Å². The van der Waals surface area contributed by atoms with Crippen molar-refractivity contribution in [3.63, 3.8) is 0 Å². The van der Waals surface area contributed by atoms with E-state index in [2.05, 4.69) is 4.99 Å². The van der Waals surface area contributed by atoms with Crippen LogP contribution in [0.25, 0.3) is 0 Å². The zero-order valence-electron chi connectivity index (χ0n) is 8.05. The maximum absolute atomic E-state index is 13.0. The van der Waals surface area contributed by atoms with Gasteiger partial charge in [-0.1, -0.05) is 6.07 Å². The Labute approximate surface area is 88.8 Å². The van der Waals surface area contributed by atoms with Gasteiger partial charge < -0.3 is 11.5 Å². The minimum atomic E-state index is -4.70. The number of hydrogen-bond acceptors (Lipinski definition) is 1. The lowest BCUT2D eigenvalue weighted by Gasteiger charge is -2.08. The molecule has 0 saturated carbocycles. The molecule has 0 aliphatic carbocycles. The first-order valence-electron chi connectivity index (χ1n) is 4.21. The third-order valence-corrected chi connectivity index (χ3v) is 1.78. The summed E-state index contributed by atoms with van der Waals surface area (Å²) in [5, 5.41) is 0. The van der Waals surface area contributed by atoms with Gasteiger partial charge >= 0.3 is 6.18 Å². The average molecular weight is 235 g/mol. The molecule has 7 heteroatoms. The van der Waals surface area contributed by atoms with Gasteiger partial charge in [-0.3, -0.25) is 0 Å². The van der Waals surface area contributed by atoms with Crippen LogP contribution in [0.4, 0.5) is 17.6 Å². The van der Waals surface area contributed by atoms with Crippen LogP contribution in [-0.2, 0) is 12.7 Å². The summed E-state index contributed by atoms with van der Waals surface area (Å²) in [5.74, 6) is -1.55. The van der Waals surface area contributed by atoms with Gasteiger partial charge in [0, 0.05) is 0 Å². The number of alkyl halides is 3. The molecule has 0 bridgehead atoms. The number of aliphatic imine (C=N–C) groups is 1. The van der Waals surface area contributed by atoms with Crippen molar-refractivity contribution in [1.29, 1.82) is 0 Å². The van der Waals surface area contributed by atoms with Crippen molar-refractivity contribution >= 4 is 5.96 Å². The predicted molar refractivity (Wildman–Crippen MR) is 50.9 cm³/mol. The van der Waals surface area contributed by atoms with Gasteiger partial charge in [-0.15, -0.1) is 0 Å². The van der Waals surface area contributed by atoms with E-state index in [4.69, 9.17) is 11.5 Å². The van der Waals surface area contributed by atoms with Crippen LogP contribution in [0, 0.1) is 5.82 Å². The summed E-state index contributed by atoms with van der Waals surface area (Å²) in [5.41, 5.74) is 9.02. The Kier molecular flexibility index (Phi) is 3.36. The van der Waals surface area contributed by atoms with Crippen molar-refractivity contribution in [2.24, 2.45) is 16.5 Å². The second kappa shape index (κ2) is 4.38. The van der Waals surface area contributed by atoms with E-state index in [0.29, 0.717) is 6.07 Å². The summed E-state index contributed by atoms with van der Waals surface area (Å²) < 4.78 is 49.6. The summed E-state index contributed by atoms with van der Waals surface area (Å²) in [6.07, 6.45) is -4.70. The number of nitrogens with zero attached hydrogens (tertiary/aromatic N) is 1.